The lowest BCUT2D eigenvalue weighted by Crippen LogP contribution is -2.09. The average molecular weight is 354 g/mol. The highest BCUT2D eigenvalue weighted by Gasteiger charge is 2.20. The molecule has 1 heterocycles. The molecule has 0 saturated carbocycles. The molecule has 0 radical (unpaired) electrons. The maximum Gasteiger partial charge on any atom is 0.343 e. The number of amidine groups is 1. The maximum absolute atomic E-state index is 12.2. The van der Waals surface area contributed by atoms with Crippen LogP contribution in [-0.4, -0.2) is 24.2 Å². The van der Waals surface area contributed by atoms with Gasteiger partial charge in [0.15, 0.2) is 16.7 Å². The Morgan fingerprint density at radius 1 is 1.16 bits per heavy atom. The van der Waals surface area contributed by atoms with E-state index >= 15 is 0 Å². The van der Waals surface area contributed by atoms with Crippen molar-refractivity contribution in [1.29, 1.82) is 0 Å². The quantitative estimate of drug-likeness (QED) is 0.516. The molecule has 126 valence electrons. The number of aliphatic imine (C=N–C) groups is 1. The second-order valence-electron chi connectivity index (χ2n) is 5.03. The molecule has 0 spiro atoms. The molecule has 1 aliphatic heterocycles. The van der Waals surface area contributed by atoms with Gasteiger partial charge in [-0.25, -0.2) is 4.79 Å². The minimum Gasteiger partial charge on any atom is -0.493 e. The van der Waals surface area contributed by atoms with Crippen molar-refractivity contribution in [2.45, 2.75) is 0 Å². The molecule has 0 unspecified atom stereocenters. The monoisotopic (exact) mass is 354 g/mol. The van der Waals surface area contributed by atoms with Crippen LogP contribution in [-0.2, 0) is 4.79 Å². The van der Waals surface area contributed by atoms with Gasteiger partial charge < -0.3 is 15.2 Å². The first-order valence-corrected chi connectivity index (χ1v) is 8.12. The Morgan fingerprint density at radius 3 is 2.56 bits per heavy atom. The van der Waals surface area contributed by atoms with Crippen LogP contribution >= 0.6 is 11.8 Å². The Morgan fingerprint density at radius 2 is 1.92 bits per heavy atom. The molecule has 25 heavy (non-hydrogen) atoms. The number of nitrogens with zero attached hydrogens (tertiary/aromatic N) is 1. The Kier molecular flexibility index (Phi) is 4.85. The third-order valence-electron chi connectivity index (χ3n) is 3.33. The van der Waals surface area contributed by atoms with E-state index in [9.17, 15) is 9.59 Å². The summed E-state index contributed by atoms with van der Waals surface area (Å²) in [6.07, 6.45) is 1.65. The highest BCUT2D eigenvalue weighted by molar-refractivity contribution is 8.18. The lowest BCUT2D eigenvalue weighted by atomic mass is 10.2. The summed E-state index contributed by atoms with van der Waals surface area (Å²) in [5, 5.41) is 0.219. The summed E-state index contributed by atoms with van der Waals surface area (Å²) in [5.41, 5.74) is 6.68. The van der Waals surface area contributed by atoms with Crippen molar-refractivity contribution in [3.8, 4) is 11.5 Å². The lowest BCUT2D eigenvalue weighted by molar-refractivity contribution is -0.113. The molecule has 0 atom stereocenters. The van der Waals surface area contributed by atoms with Crippen LogP contribution < -0.4 is 15.2 Å². The van der Waals surface area contributed by atoms with E-state index in [4.69, 9.17) is 15.2 Å². The van der Waals surface area contributed by atoms with Crippen LogP contribution in [0.25, 0.3) is 6.08 Å². The average Bonchev–Trinajstić information content (AvgIpc) is 2.94. The second-order valence-corrected chi connectivity index (χ2v) is 6.09. The predicted octanol–water partition coefficient (Wildman–Crippen LogP) is 2.84. The Hall–Kier alpha value is -3.06. The molecule has 7 heteroatoms. The summed E-state index contributed by atoms with van der Waals surface area (Å²) in [5.74, 6) is -0.184. The standard InChI is InChI=1S/C18H14N2O4S/c1-23-14-9-11(10-15-16(21)20-18(19)25-15)7-8-13(14)24-17(22)12-5-3-2-4-6-12/h2-10H,1H3,(H2,19,20,21). The van der Waals surface area contributed by atoms with Gasteiger partial charge in [0.25, 0.3) is 5.91 Å². The minimum atomic E-state index is -0.479. The molecule has 0 aliphatic carbocycles. The molecular weight excluding hydrogens is 340 g/mol. The summed E-state index contributed by atoms with van der Waals surface area (Å²) < 4.78 is 10.7. The van der Waals surface area contributed by atoms with Crippen LogP contribution in [0.1, 0.15) is 15.9 Å². The third kappa shape index (κ3) is 3.89. The van der Waals surface area contributed by atoms with Crippen LogP contribution in [0.2, 0.25) is 0 Å². The fourth-order valence-electron chi connectivity index (χ4n) is 2.17. The van der Waals surface area contributed by atoms with Gasteiger partial charge in [-0.05, 0) is 47.7 Å². The van der Waals surface area contributed by atoms with Gasteiger partial charge in [0.2, 0.25) is 0 Å². The van der Waals surface area contributed by atoms with Crippen molar-refractivity contribution in [1.82, 2.24) is 0 Å². The van der Waals surface area contributed by atoms with E-state index in [0.29, 0.717) is 27.5 Å². The highest BCUT2D eigenvalue weighted by atomic mass is 32.2. The zero-order valence-corrected chi connectivity index (χ0v) is 14.1. The first-order chi connectivity index (χ1) is 12.1. The number of ether oxygens (including phenoxy) is 2. The fourth-order valence-corrected chi connectivity index (χ4v) is 2.85. The zero-order chi connectivity index (χ0) is 17.8. The molecule has 1 amide bonds. The number of methoxy groups -OCH3 is 1. The molecule has 0 fully saturated rings. The second kappa shape index (κ2) is 7.23. The third-order valence-corrected chi connectivity index (χ3v) is 4.15. The normalized spacial score (nSPS) is 15.2. The van der Waals surface area contributed by atoms with E-state index in [1.54, 1.807) is 48.5 Å². The lowest BCUT2D eigenvalue weighted by Gasteiger charge is -2.10. The molecule has 3 rings (SSSR count). The summed E-state index contributed by atoms with van der Waals surface area (Å²) in [6.45, 7) is 0. The van der Waals surface area contributed by atoms with Crippen LogP contribution in [0, 0.1) is 0 Å². The first-order valence-electron chi connectivity index (χ1n) is 7.30. The van der Waals surface area contributed by atoms with Crippen molar-refractivity contribution in [2.75, 3.05) is 7.11 Å². The van der Waals surface area contributed by atoms with E-state index in [1.165, 1.54) is 7.11 Å². The molecule has 2 N–H and O–H groups in total. The number of carbonyl (C=O) groups is 2. The van der Waals surface area contributed by atoms with Crippen LogP contribution in [0.4, 0.5) is 0 Å². The van der Waals surface area contributed by atoms with Crippen molar-refractivity contribution in [3.63, 3.8) is 0 Å². The van der Waals surface area contributed by atoms with Crippen molar-refractivity contribution in [3.05, 3.63) is 64.6 Å². The van der Waals surface area contributed by atoms with Crippen molar-refractivity contribution < 1.29 is 19.1 Å². The number of thioether (sulfide) groups is 1. The van der Waals surface area contributed by atoms with E-state index in [1.807, 2.05) is 6.07 Å². The molecule has 0 saturated heterocycles. The van der Waals surface area contributed by atoms with E-state index in [0.717, 1.165) is 11.8 Å². The number of carbonyl (C=O) groups excluding carboxylic acids is 2. The van der Waals surface area contributed by atoms with Crippen LogP contribution in [0.15, 0.2) is 58.4 Å². The van der Waals surface area contributed by atoms with Crippen molar-refractivity contribution in [2.24, 2.45) is 10.7 Å². The Bertz CT molecular complexity index is 891. The van der Waals surface area contributed by atoms with E-state index < -0.39 is 5.97 Å². The zero-order valence-electron chi connectivity index (χ0n) is 13.3. The molecule has 0 bridgehead atoms. The summed E-state index contributed by atoms with van der Waals surface area (Å²) in [4.78, 5) is 27.9. The Balaban J connectivity index is 1.82. The number of amides is 1. The van der Waals surface area contributed by atoms with Gasteiger partial charge >= 0.3 is 5.97 Å². The molecule has 2 aromatic rings. The SMILES string of the molecule is COc1cc(C=C2SC(N)=NC2=O)ccc1OC(=O)c1ccccc1. The van der Waals surface area contributed by atoms with Gasteiger partial charge in [-0.15, -0.1) is 0 Å². The van der Waals surface area contributed by atoms with Gasteiger partial charge in [0.05, 0.1) is 17.6 Å². The highest BCUT2D eigenvalue weighted by Crippen LogP contribution is 2.32. The molecule has 0 aromatic heterocycles. The predicted molar refractivity (Wildman–Crippen MR) is 96.6 cm³/mol. The van der Waals surface area contributed by atoms with E-state index in [-0.39, 0.29) is 11.1 Å². The number of hydrogen-bond donors (Lipinski definition) is 1. The smallest absolute Gasteiger partial charge is 0.343 e. The topological polar surface area (TPSA) is 91.0 Å². The van der Waals surface area contributed by atoms with Gasteiger partial charge in [-0.1, -0.05) is 24.3 Å². The Labute approximate surface area is 148 Å². The van der Waals surface area contributed by atoms with Crippen LogP contribution in [0.5, 0.6) is 11.5 Å². The van der Waals surface area contributed by atoms with Gasteiger partial charge in [-0.2, -0.15) is 4.99 Å². The molecular formula is C18H14N2O4S. The van der Waals surface area contributed by atoms with Crippen LogP contribution in [0.3, 0.4) is 0 Å². The van der Waals surface area contributed by atoms with Gasteiger partial charge in [0.1, 0.15) is 0 Å². The minimum absolute atomic E-state index is 0.219. The van der Waals surface area contributed by atoms with Crippen molar-refractivity contribution >= 4 is 34.9 Å². The van der Waals surface area contributed by atoms with Gasteiger partial charge in [-0.3, -0.25) is 4.79 Å². The van der Waals surface area contributed by atoms with Gasteiger partial charge in [0, 0.05) is 0 Å². The number of rotatable bonds is 4. The number of hydrogen-bond acceptors (Lipinski definition) is 6. The summed E-state index contributed by atoms with van der Waals surface area (Å²) in [7, 11) is 1.47. The fraction of sp³-hybridized carbons (Fsp3) is 0.0556. The molecule has 2 aromatic carbocycles. The summed E-state index contributed by atoms with van der Waals surface area (Å²) in [6, 6.07) is 13.7. The number of esters is 1. The first kappa shape index (κ1) is 16.8. The maximum atomic E-state index is 12.2. The van der Waals surface area contributed by atoms with E-state index in [2.05, 4.69) is 4.99 Å². The number of benzene rings is 2. The molecule has 1 aliphatic rings. The largest absolute Gasteiger partial charge is 0.493 e. The summed E-state index contributed by atoms with van der Waals surface area (Å²) >= 11 is 1.11. The number of nitrogens with two attached hydrogens (primary N) is 1. The molecule has 6 nitrogen and oxygen atoms in total.